The van der Waals surface area contributed by atoms with Crippen molar-refractivity contribution in [1.29, 1.82) is 0 Å². The van der Waals surface area contributed by atoms with Crippen LogP contribution in [0.2, 0.25) is 0 Å². The summed E-state index contributed by atoms with van der Waals surface area (Å²) < 4.78 is 6.52. The molecule has 0 bridgehead atoms. The number of pyridine rings is 1. The molecule has 0 saturated carbocycles. The van der Waals surface area contributed by atoms with E-state index in [-0.39, 0.29) is 0 Å². The number of aryl methyl sites for hydroxylation is 1. The molecule has 0 aromatic carbocycles. The maximum Gasteiger partial charge on any atom is 0.150 e. The highest BCUT2D eigenvalue weighted by Crippen LogP contribution is 2.43. The molecule has 2 aliphatic rings. The molecule has 3 aromatic heterocycles. The average molecular weight is 444 g/mol. The van der Waals surface area contributed by atoms with Crippen LogP contribution in [0.4, 0.5) is 11.6 Å². The fourth-order valence-corrected chi connectivity index (χ4v) is 5.99. The third kappa shape index (κ3) is 3.84. The molecule has 9 heteroatoms. The summed E-state index contributed by atoms with van der Waals surface area (Å²) >= 11 is 1.62. The van der Waals surface area contributed by atoms with Crippen molar-refractivity contribution in [2.45, 2.75) is 45.3 Å². The molecule has 0 spiro atoms. The second kappa shape index (κ2) is 8.46. The summed E-state index contributed by atoms with van der Waals surface area (Å²) in [5, 5.41) is 21.2. The lowest BCUT2D eigenvalue weighted by atomic mass is 10.1. The van der Waals surface area contributed by atoms with Gasteiger partial charge in [0.1, 0.15) is 22.8 Å². The number of aliphatic hydroxyl groups is 2. The van der Waals surface area contributed by atoms with Crippen LogP contribution in [0.1, 0.15) is 31.4 Å². The molecule has 1 fully saturated rings. The standard InChI is InChI=1S/C22H29N5O3S/c1-13(28)10-27(11-14(2)29)21-19-18(23-12-24-21)17-15-4-3-5-16(15)20(25-22(17)31-19)26-6-8-30-9-7-26/h12-14,28-29H,3-11H2,1-2H3/t13-,14-/m0/s1. The predicted octanol–water partition coefficient (Wildman–Crippen LogP) is 2.13. The summed E-state index contributed by atoms with van der Waals surface area (Å²) in [5.41, 5.74) is 3.67. The number of rotatable bonds is 6. The molecule has 2 N–H and O–H groups in total. The van der Waals surface area contributed by atoms with E-state index in [1.54, 1.807) is 31.5 Å². The maximum atomic E-state index is 10.0. The lowest BCUT2D eigenvalue weighted by Gasteiger charge is -2.29. The van der Waals surface area contributed by atoms with Gasteiger partial charge in [-0.25, -0.2) is 15.0 Å². The van der Waals surface area contributed by atoms with Crippen LogP contribution < -0.4 is 9.80 Å². The zero-order chi connectivity index (χ0) is 21.5. The van der Waals surface area contributed by atoms with Crippen molar-refractivity contribution in [2.24, 2.45) is 0 Å². The van der Waals surface area contributed by atoms with Crippen molar-refractivity contribution < 1.29 is 14.9 Å². The van der Waals surface area contributed by atoms with Gasteiger partial charge in [-0.05, 0) is 44.2 Å². The molecule has 1 aliphatic carbocycles. The monoisotopic (exact) mass is 443 g/mol. The Hall–Kier alpha value is -2.07. The van der Waals surface area contributed by atoms with Crippen molar-refractivity contribution >= 4 is 43.4 Å². The zero-order valence-electron chi connectivity index (χ0n) is 18.0. The molecule has 0 unspecified atom stereocenters. The van der Waals surface area contributed by atoms with Gasteiger partial charge in [0.2, 0.25) is 0 Å². The van der Waals surface area contributed by atoms with E-state index in [4.69, 9.17) is 9.72 Å². The van der Waals surface area contributed by atoms with Crippen LogP contribution in [0.3, 0.4) is 0 Å². The predicted molar refractivity (Wildman–Crippen MR) is 123 cm³/mol. The van der Waals surface area contributed by atoms with E-state index in [9.17, 15) is 10.2 Å². The molecule has 166 valence electrons. The zero-order valence-corrected chi connectivity index (χ0v) is 18.9. The molecule has 5 rings (SSSR count). The lowest BCUT2D eigenvalue weighted by Crippen LogP contribution is -2.37. The third-order valence-electron chi connectivity index (χ3n) is 6.01. The lowest BCUT2D eigenvalue weighted by molar-refractivity contribution is 0.122. The number of fused-ring (bicyclic) bond motifs is 5. The van der Waals surface area contributed by atoms with Crippen LogP contribution >= 0.6 is 11.3 Å². The number of anilines is 2. The van der Waals surface area contributed by atoms with Crippen molar-refractivity contribution in [1.82, 2.24) is 15.0 Å². The first-order valence-electron chi connectivity index (χ1n) is 11.1. The number of hydrogen-bond acceptors (Lipinski definition) is 9. The van der Waals surface area contributed by atoms with Crippen LogP contribution in [-0.4, -0.2) is 76.8 Å². The Bertz CT molecular complexity index is 1080. The minimum Gasteiger partial charge on any atom is -0.392 e. The van der Waals surface area contributed by atoms with Crippen LogP contribution in [0.25, 0.3) is 20.4 Å². The van der Waals surface area contributed by atoms with E-state index in [0.717, 1.165) is 77.6 Å². The molecule has 8 nitrogen and oxygen atoms in total. The van der Waals surface area contributed by atoms with E-state index in [1.807, 2.05) is 4.90 Å². The minimum atomic E-state index is -0.534. The fraction of sp³-hybridized carbons (Fsp3) is 0.591. The molecule has 1 saturated heterocycles. The first-order chi connectivity index (χ1) is 15.0. The minimum absolute atomic E-state index is 0.399. The van der Waals surface area contributed by atoms with E-state index in [2.05, 4.69) is 14.9 Å². The summed E-state index contributed by atoms with van der Waals surface area (Å²) in [5.74, 6) is 1.86. The number of nitrogens with zero attached hydrogens (tertiary/aromatic N) is 5. The quantitative estimate of drug-likeness (QED) is 0.598. The Morgan fingerprint density at radius 1 is 1.10 bits per heavy atom. The number of thiophene rings is 1. The first-order valence-corrected chi connectivity index (χ1v) is 11.9. The third-order valence-corrected chi connectivity index (χ3v) is 7.08. The second-order valence-corrected chi connectivity index (χ2v) is 9.60. The molecule has 0 amide bonds. The van der Waals surface area contributed by atoms with Gasteiger partial charge in [0, 0.05) is 31.6 Å². The molecule has 1 aliphatic heterocycles. The van der Waals surface area contributed by atoms with Crippen LogP contribution in [0.15, 0.2) is 6.33 Å². The summed E-state index contributed by atoms with van der Waals surface area (Å²) in [6.45, 7) is 7.53. The van der Waals surface area contributed by atoms with Crippen molar-refractivity contribution in [3.8, 4) is 0 Å². The highest BCUT2D eigenvalue weighted by Gasteiger charge is 2.28. The van der Waals surface area contributed by atoms with E-state index in [1.165, 1.54) is 11.1 Å². The molecule has 31 heavy (non-hydrogen) atoms. The van der Waals surface area contributed by atoms with Crippen LogP contribution in [0.5, 0.6) is 0 Å². The van der Waals surface area contributed by atoms with Crippen LogP contribution in [0, 0.1) is 0 Å². The van der Waals surface area contributed by atoms with Crippen molar-refractivity contribution in [3.63, 3.8) is 0 Å². The SMILES string of the molecule is C[C@H](O)CN(C[C@H](C)O)c1ncnc2c1sc1nc(N3CCOCC3)c3c(c12)CCC3. The van der Waals surface area contributed by atoms with E-state index >= 15 is 0 Å². The average Bonchev–Trinajstić information content (AvgIpc) is 3.36. The first kappa shape index (κ1) is 20.8. The van der Waals surface area contributed by atoms with Gasteiger partial charge in [0.25, 0.3) is 0 Å². The summed E-state index contributed by atoms with van der Waals surface area (Å²) in [4.78, 5) is 19.7. The number of aliphatic hydroxyl groups excluding tert-OH is 2. The number of morpholine rings is 1. The number of hydrogen-bond donors (Lipinski definition) is 2. The highest BCUT2D eigenvalue weighted by atomic mass is 32.1. The van der Waals surface area contributed by atoms with Gasteiger partial charge in [-0.3, -0.25) is 0 Å². The van der Waals surface area contributed by atoms with Gasteiger partial charge < -0.3 is 24.7 Å². The fourth-order valence-electron chi connectivity index (χ4n) is 4.81. The Morgan fingerprint density at radius 3 is 2.52 bits per heavy atom. The normalized spacial score (nSPS) is 18.5. The Labute approximate surface area is 185 Å². The molecular weight excluding hydrogens is 414 g/mol. The number of ether oxygens (including phenoxy) is 1. The van der Waals surface area contributed by atoms with Gasteiger partial charge in [-0.2, -0.15) is 0 Å². The van der Waals surface area contributed by atoms with Crippen molar-refractivity contribution in [3.05, 3.63) is 17.5 Å². The van der Waals surface area contributed by atoms with Gasteiger partial charge in [0.05, 0.1) is 35.6 Å². The smallest absolute Gasteiger partial charge is 0.150 e. The van der Waals surface area contributed by atoms with E-state index < -0.39 is 12.2 Å². The summed E-state index contributed by atoms with van der Waals surface area (Å²) in [7, 11) is 0. The molecule has 0 radical (unpaired) electrons. The van der Waals surface area contributed by atoms with Gasteiger partial charge in [0.15, 0.2) is 0 Å². The summed E-state index contributed by atoms with van der Waals surface area (Å²) in [6, 6.07) is 0. The largest absolute Gasteiger partial charge is 0.392 e. The molecule has 4 heterocycles. The summed E-state index contributed by atoms with van der Waals surface area (Å²) in [6.07, 6.45) is 3.76. The second-order valence-electron chi connectivity index (χ2n) is 8.61. The topological polar surface area (TPSA) is 94.8 Å². The van der Waals surface area contributed by atoms with E-state index in [0.29, 0.717) is 13.1 Å². The highest BCUT2D eigenvalue weighted by molar-refractivity contribution is 7.26. The van der Waals surface area contributed by atoms with Gasteiger partial charge in [-0.1, -0.05) is 0 Å². The Balaban J connectivity index is 1.68. The molecule has 2 atom stereocenters. The van der Waals surface area contributed by atoms with Crippen molar-refractivity contribution in [2.75, 3.05) is 49.2 Å². The maximum absolute atomic E-state index is 10.0. The molecular formula is C22H29N5O3S. The Morgan fingerprint density at radius 2 is 1.81 bits per heavy atom. The van der Waals surface area contributed by atoms with Crippen LogP contribution in [-0.2, 0) is 17.6 Å². The van der Waals surface area contributed by atoms with Gasteiger partial charge in [-0.15, -0.1) is 11.3 Å². The Kier molecular flexibility index (Phi) is 5.68. The molecule has 3 aromatic rings. The number of aromatic nitrogens is 3. The van der Waals surface area contributed by atoms with Gasteiger partial charge >= 0.3 is 0 Å².